The number of nitrogens with zero attached hydrogens (tertiary/aromatic N) is 3. The molecule has 2 aromatic heterocycles. The summed E-state index contributed by atoms with van der Waals surface area (Å²) in [6.07, 6.45) is -1.05. The van der Waals surface area contributed by atoms with Gasteiger partial charge in [-0.05, 0) is 42.3 Å². The molecule has 1 aliphatic rings. The van der Waals surface area contributed by atoms with Gasteiger partial charge in [-0.2, -0.15) is 4.98 Å². The largest absolute Gasteiger partial charge is 0.388 e. The molecule has 0 unspecified atom stereocenters. The summed E-state index contributed by atoms with van der Waals surface area (Å²) in [4.78, 5) is 26.4. The van der Waals surface area contributed by atoms with Crippen molar-refractivity contribution in [2.24, 2.45) is 0 Å². The first-order valence-corrected chi connectivity index (χ1v) is 12.3. The summed E-state index contributed by atoms with van der Waals surface area (Å²) in [7, 11) is -4.28. The highest BCUT2D eigenvalue weighted by molar-refractivity contribution is 7.51. The van der Waals surface area contributed by atoms with Crippen molar-refractivity contribution in [1.82, 2.24) is 14.5 Å². The molecule has 1 aromatic carbocycles. The first-order valence-electron chi connectivity index (χ1n) is 10.1. The van der Waals surface area contributed by atoms with Gasteiger partial charge in [0.25, 0.3) is 0 Å². The number of nitrogens with one attached hydrogen (secondary N) is 1. The molecule has 1 aliphatic heterocycles. The quantitative estimate of drug-likeness (QED) is 0.271. The van der Waals surface area contributed by atoms with Gasteiger partial charge in [0.1, 0.15) is 29.7 Å². The normalized spacial score (nSPS) is 22.1. The minimum atomic E-state index is -4.28. The molecule has 0 aliphatic carbocycles. The van der Waals surface area contributed by atoms with E-state index in [1.165, 1.54) is 12.1 Å². The molecule has 4 rings (SSSR count). The number of anilines is 1. The van der Waals surface area contributed by atoms with Crippen LogP contribution in [0.2, 0.25) is 5.28 Å². The number of aliphatic hydroxyl groups excluding tert-OH is 1. The van der Waals surface area contributed by atoms with E-state index >= 15 is 0 Å². The van der Waals surface area contributed by atoms with Crippen LogP contribution in [-0.4, -0.2) is 54.6 Å². The third-order valence-corrected chi connectivity index (χ3v) is 5.96. The van der Waals surface area contributed by atoms with Crippen molar-refractivity contribution in [3.63, 3.8) is 0 Å². The Balaban J connectivity index is 1.53. The number of ether oxygens (including phenoxy) is 2. The van der Waals surface area contributed by atoms with Crippen molar-refractivity contribution in [2.75, 3.05) is 18.3 Å². The van der Waals surface area contributed by atoms with Crippen molar-refractivity contribution >= 4 is 36.0 Å². The fraction of sp³-hybridized carbons (Fsp3) is 0.400. The Hall–Kier alpha value is -2.11. The molecule has 0 spiro atoms. The highest BCUT2D eigenvalue weighted by Gasteiger charge is 2.36. The third kappa shape index (κ3) is 5.70. The molecule has 178 valence electrons. The van der Waals surface area contributed by atoms with Crippen LogP contribution in [0, 0.1) is 5.82 Å². The Morgan fingerprint density at radius 2 is 2.06 bits per heavy atom. The Morgan fingerprint density at radius 3 is 2.76 bits per heavy atom. The number of aromatic nitrogens is 3. The second-order valence-corrected chi connectivity index (χ2v) is 9.76. The van der Waals surface area contributed by atoms with Crippen molar-refractivity contribution < 1.29 is 33.3 Å². The number of hydrogen-bond acceptors (Lipinski definition) is 7. The van der Waals surface area contributed by atoms with Gasteiger partial charge in [-0.1, -0.05) is 12.1 Å². The molecule has 3 aromatic rings. The SMILES string of the molecule is C[C@H](Nc1nc(Cl)nc2c1ccn2[C@@H]1O[C@H](COCP(=O)(O)O)C[C@H]1O)c1ccc(F)cc1. The first-order chi connectivity index (χ1) is 15.6. The maximum Gasteiger partial charge on any atom is 0.350 e. The lowest BCUT2D eigenvalue weighted by Crippen LogP contribution is -2.19. The van der Waals surface area contributed by atoms with E-state index in [1.807, 2.05) is 6.92 Å². The van der Waals surface area contributed by atoms with Crippen LogP contribution in [0.4, 0.5) is 10.2 Å². The molecule has 13 heteroatoms. The van der Waals surface area contributed by atoms with Crippen LogP contribution in [0.3, 0.4) is 0 Å². The van der Waals surface area contributed by atoms with E-state index in [2.05, 4.69) is 15.3 Å². The van der Waals surface area contributed by atoms with Crippen molar-refractivity contribution in [2.45, 2.75) is 37.8 Å². The molecular formula is C20H23ClFN4O6P. The maximum absolute atomic E-state index is 13.2. The smallest absolute Gasteiger partial charge is 0.350 e. The molecule has 10 nitrogen and oxygen atoms in total. The fourth-order valence-electron chi connectivity index (χ4n) is 3.75. The molecule has 0 radical (unpaired) electrons. The van der Waals surface area contributed by atoms with Crippen LogP contribution in [0.1, 0.15) is 31.2 Å². The number of fused-ring (bicyclic) bond motifs is 1. The summed E-state index contributed by atoms with van der Waals surface area (Å²) in [5, 5.41) is 14.4. The molecule has 4 N–H and O–H groups in total. The molecule has 1 fully saturated rings. The van der Waals surface area contributed by atoms with Gasteiger partial charge in [0, 0.05) is 18.7 Å². The molecular weight excluding hydrogens is 478 g/mol. The van der Waals surface area contributed by atoms with Gasteiger partial charge in [0.05, 0.1) is 18.1 Å². The van der Waals surface area contributed by atoms with E-state index in [0.717, 1.165) is 5.56 Å². The van der Waals surface area contributed by atoms with Gasteiger partial charge in [-0.15, -0.1) is 0 Å². The number of hydrogen-bond donors (Lipinski definition) is 4. The highest BCUT2D eigenvalue weighted by atomic mass is 35.5. The average Bonchev–Trinajstić information content (AvgIpc) is 3.30. The molecule has 0 bridgehead atoms. The van der Waals surface area contributed by atoms with Crippen LogP contribution in [0.5, 0.6) is 0 Å². The lowest BCUT2D eigenvalue weighted by molar-refractivity contribution is -0.0565. The predicted octanol–water partition coefficient (Wildman–Crippen LogP) is 3.20. The zero-order chi connectivity index (χ0) is 23.8. The molecule has 4 atom stereocenters. The summed E-state index contributed by atoms with van der Waals surface area (Å²) in [5.41, 5.74) is 1.29. The van der Waals surface area contributed by atoms with E-state index in [1.54, 1.807) is 29.0 Å². The van der Waals surface area contributed by atoms with Crippen molar-refractivity contribution in [1.29, 1.82) is 0 Å². The minimum Gasteiger partial charge on any atom is -0.388 e. The standard InChI is InChI=1S/C20H23ClFN4O6P/c1-11(12-2-4-13(22)5-3-12)23-17-15-6-7-26(18(15)25-20(21)24-17)19-16(27)8-14(32-19)9-31-10-33(28,29)30/h2-7,11,14,16,19,27H,8-10H2,1H3,(H,23,24,25)(H2,28,29,30)/t11-,14-,16+,19+/m0/s1. The summed E-state index contributed by atoms with van der Waals surface area (Å²) in [6.45, 7) is 1.83. The molecule has 1 saturated heterocycles. The van der Waals surface area contributed by atoms with Gasteiger partial charge in [0.15, 0.2) is 6.23 Å². The number of halogens is 2. The van der Waals surface area contributed by atoms with Crippen molar-refractivity contribution in [3.05, 3.63) is 53.2 Å². The fourth-order valence-corrected chi connectivity index (χ4v) is 4.26. The zero-order valence-corrected chi connectivity index (χ0v) is 19.2. The van der Waals surface area contributed by atoms with Gasteiger partial charge >= 0.3 is 7.60 Å². The molecule has 3 heterocycles. The monoisotopic (exact) mass is 500 g/mol. The van der Waals surface area contributed by atoms with E-state index < -0.39 is 32.4 Å². The summed E-state index contributed by atoms with van der Waals surface area (Å²) in [5.74, 6) is 0.144. The van der Waals surface area contributed by atoms with Gasteiger partial charge < -0.3 is 34.3 Å². The summed E-state index contributed by atoms with van der Waals surface area (Å²) < 4.78 is 36.7. The maximum atomic E-state index is 13.2. The first kappa shape index (κ1) is 24.0. The minimum absolute atomic E-state index is 0.00901. The summed E-state index contributed by atoms with van der Waals surface area (Å²) in [6, 6.07) is 7.67. The zero-order valence-electron chi connectivity index (χ0n) is 17.5. The molecule has 0 saturated carbocycles. The van der Waals surface area contributed by atoms with Gasteiger partial charge in [-0.25, -0.2) is 9.37 Å². The Labute approximate surface area is 193 Å². The van der Waals surface area contributed by atoms with Crippen molar-refractivity contribution in [3.8, 4) is 0 Å². The molecule has 33 heavy (non-hydrogen) atoms. The number of aliphatic hydroxyl groups is 1. The van der Waals surface area contributed by atoms with Crippen LogP contribution < -0.4 is 5.32 Å². The average molecular weight is 501 g/mol. The molecule has 0 amide bonds. The lowest BCUT2D eigenvalue weighted by Gasteiger charge is -2.19. The number of rotatable bonds is 8. The number of benzene rings is 1. The Bertz CT molecular complexity index is 1170. The van der Waals surface area contributed by atoms with E-state index in [0.29, 0.717) is 16.9 Å². The second kappa shape index (κ2) is 9.63. The Kier molecular flexibility index (Phi) is 7.01. The van der Waals surface area contributed by atoms with E-state index in [-0.39, 0.29) is 30.2 Å². The Morgan fingerprint density at radius 1 is 1.33 bits per heavy atom. The van der Waals surface area contributed by atoms with Crippen LogP contribution in [0.25, 0.3) is 11.0 Å². The van der Waals surface area contributed by atoms with Crippen LogP contribution in [0.15, 0.2) is 36.5 Å². The lowest BCUT2D eigenvalue weighted by atomic mass is 10.1. The van der Waals surface area contributed by atoms with Gasteiger partial charge in [-0.3, -0.25) is 4.57 Å². The summed E-state index contributed by atoms with van der Waals surface area (Å²) >= 11 is 6.16. The van der Waals surface area contributed by atoms with Crippen LogP contribution in [-0.2, 0) is 14.0 Å². The van der Waals surface area contributed by atoms with E-state index in [4.69, 9.17) is 30.9 Å². The third-order valence-electron chi connectivity index (χ3n) is 5.27. The topological polar surface area (TPSA) is 139 Å². The van der Waals surface area contributed by atoms with E-state index in [9.17, 15) is 14.1 Å². The second-order valence-electron chi connectivity index (χ2n) is 7.84. The van der Waals surface area contributed by atoms with Crippen LogP contribution >= 0.6 is 19.2 Å². The predicted molar refractivity (Wildman–Crippen MR) is 118 cm³/mol. The highest BCUT2D eigenvalue weighted by Crippen LogP contribution is 2.36. The van der Waals surface area contributed by atoms with Gasteiger partial charge in [0.2, 0.25) is 5.28 Å².